The minimum atomic E-state index is -2.51. The predicted octanol–water partition coefficient (Wildman–Crippen LogP) is 4.04. The Hall–Kier alpha value is -1.69. The molecule has 1 saturated heterocycles. The molecule has 2 heterocycles. The summed E-state index contributed by atoms with van der Waals surface area (Å²) in [5.41, 5.74) is 1.27. The van der Waals surface area contributed by atoms with Gasteiger partial charge in [0, 0.05) is 36.9 Å². The molecule has 128 valence electrons. The highest BCUT2D eigenvalue weighted by Crippen LogP contribution is 2.50. The summed E-state index contributed by atoms with van der Waals surface area (Å²) in [6.45, 7) is 1.71. The molecule has 1 atom stereocenters. The number of piperidine rings is 1. The summed E-state index contributed by atoms with van der Waals surface area (Å²) in [5.74, 6) is -1.42. The molecule has 7 heteroatoms. The first kappa shape index (κ1) is 15.8. The lowest BCUT2D eigenvalue weighted by Gasteiger charge is -2.31. The average molecular weight is 353 g/mol. The fraction of sp³-hybridized carbons (Fsp3) is 0.529. The molecular weight excluding hydrogens is 334 g/mol. The lowest BCUT2D eigenvalue weighted by Crippen LogP contribution is -2.33. The fourth-order valence-corrected chi connectivity index (χ4v) is 3.61. The van der Waals surface area contributed by atoms with Gasteiger partial charge in [-0.1, -0.05) is 23.7 Å². The van der Waals surface area contributed by atoms with E-state index in [9.17, 15) is 8.78 Å². The van der Waals surface area contributed by atoms with E-state index in [1.807, 2.05) is 18.2 Å². The number of alkyl halides is 2. The maximum absolute atomic E-state index is 13.0. The normalized spacial score (nSPS) is 23.5. The van der Waals surface area contributed by atoms with Crippen LogP contribution in [0, 0.1) is 5.92 Å². The Morgan fingerprint density at radius 1 is 1.29 bits per heavy atom. The number of rotatable bonds is 4. The Bertz CT molecular complexity index is 725. The number of halogens is 3. The molecule has 1 aromatic carbocycles. The van der Waals surface area contributed by atoms with Crippen molar-refractivity contribution in [1.82, 2.24) is 15.2 Å². The van der Waals surface area contributed by atoms with Gasteiger partial charge in [0.2, 0.25) is 5.95 Å². The molecule has 24 heavy (non-hydrogen) atoms. The molecule has 2 fully saturated rings. The number of hydrogen-bond acceptors (Lipinski definition) is 3. The van der Waals surface area contributed by atoms with E-state index in [0.717, 1.165) is 31.0 Å². The zero-order chi connectivity index (χ0) is 16.7. The van der Waals surface area contributed by atoms with E-state index in [1.165, 1.54) is 5.56 Å². The highest BCUT2D eigenvalue weighted by atomic mass is 35.5. The molecule has 1 aliphatic carbocycles. The van der Waals surface area contributed by atoms with Crippen LogP contribution in [0.2, 0.25) is 5.02 Å². The van der Waals surface area contributed by atoms with E-state index >= 15 is 0 Å². The molecule has 0 spiro atoms. The van der Waals surface area contributed by atoms with Crippen molar-refractivity contribution < 1.29 is 8.78 Å². The van der Waals surface area contributed by atoms with Gasteiger partial charge in [0.25, 0.3) is 5.92 Å². The molecule has 4 rings (SSSR count). The van der Waals surface area contributed by atoms with E-state index in [1.54, 1.807) is 0 Å². The van der Waals surface area contributed by atoms with Crippen molar-refractivity contribution in [3.05, 3.63) is 40.7 Å². The van der Waals surface area contributed by atoms with Crippen LogP contribution in [0.3, 0.4) is 0 Å². The van der Waals surface area contributed by atoms with Crippen molar-refractivity contribution in [1.29, 1.82) is 0 Å². The number of benzene rings is 1. The quantitative estimate of drug-likeness (QED) is 0.903. The van der Waals surface area contributed by atoms with Crippen molar-refractivity contribution in [2.45, 2.75) is 37.5 Å². The summed E-state index contributed by atoms with van der Waals surface area (Å²) in [7, 11) is 0. The van der Waals surface area contributed by atoms with Crippen LogP contribution in [0.15, 0.2) is 24.3 Å². The van der Waals surface area contributed by atoms with Crippen LogP contribution in [0.25, 0.3) is 0 Å². The molecule has 1 unspecified atom stereocenters. The van der Waals surface area contributed by atoms with Crippen LogP contribution in [0.5, 0.6) is 0 Å². The molecular formula is C17H19ClF2N4. The zero-order valence-electron chi connectivity index (χ0n) is 13.2. The van der Waals surface area contributed by atoms with Gasteiger partial charge in [-0.3, -0.25) is 5.10 Å². The molecule has 1 saturated carbocycles. The largest absolute Gasteiger partial charge is 0.340 e. The monoisotopic (exact) mass is 352 g/mol. The minimum absolute atomic E-state index is 0.0337. The third kappa shape index (κ3) is 3.24. The Kier molecular flexibility index (Phi) is 3.95. The topological polar surface area (TPSA) is 44.8 Å². The van der Waals surface area contributed by atoms with Gasteiger partial charge >= 0.3 is 0 Å². The van der Waals surface area contributed by atoms with Gasteiger partial charge in [0.05, 0.1) is 0 Å². The second-order valence-electron chi connectivity index (χ2n) is 6.76. The highest BCUT2D eigenvalue weighted by Gasteiger charge is 2.56. The van der Waals surface area contributed by atoms with Crippen LogP contribution >= 0.6 is 11.6 Å². The van der Waals surface area contributed by atoms with Crippen LogP contribution in [0.1, 0.15) is 36.6 Å². The first-order chi connectivity index (χ1) is 11.5. The summed E-state index contributed by atoms with van der Waals surface area (Å²) in [6, 6.07) is 8.02. The SMILES string of the molecule is FC1(F)CC1Cc1nc(N2CCC(c3cccc(Cl)c3)CC2)n[nH]1. The Labute approximate surface area is 144 Å². The fourth-order valence-electron chi connectivity index (χ4n) is 3.42. The molecule has 0 bridgehead atoms. The number of aromatic amines is 1. The number of hydrogen-bond donors (Lipinski definition) is 1. The van der Waals surface area contributed by atoms with Gasteiger partial charge in [0.15, 0.2) is 0 Å². The average Bonchev–Trinajstić information content (AvgIpc) is 2.96. The van der Waals surface area contributed by atoms with Gasteiger partial charge in [-0.2, -0.15) is 4.98 Å². The molecule has 1 aromatic heterocycles. The van der Waals surface area contributed by atoms with Gasteiger partial charge in [-0.25, -0.2) is 8.78 Å². The lowest BCUT2D eigenvalue weighted by molar-refractivity contribution is 0.0985. The van der Waals surface area contributed by atoms with Crippen molar-refractivity contribution in [2.75, 3.05) is 18.0 Å². The highest BCUT2D eigenvalue weighted by molar-refractivity contribution is 6.30. The first-order valence-electron chi connectivity index (χ1n) is 8.31. The predicted molar refractivity (Wildman–Crippen MR) is 88.8 cm³/mol. The van der Waals surface area contributed by atoms with Gasteiger partial charge in [-0.05, 0) is 36.5 Å². The molecule has 0 amide bonds. The second kappa shape index (κ2) is 5.99. The Morgan fingerprint density at radius 2 is 2.04 bits per heavy atom. The maximum atomic E-state index is 13.0. The summed E-state index contributed by atoms with van der Waals surface area (Å²) >= 11 is 6.07. The van der Waals surface area contributed by atoms with E-state index in [0.29, 0.717) is 17.7 Å². The van der Waals surface area contributed by atoms with Crippen LogP contribution in [0.4, 0.5) is 14.7 Å². The molecule has 2 aliphatic rings. The number of aromatic nitrogens is 3. The van der Waals surface area contributed by atoms with Crippen molar-refractivity contribution in [2.24, 2.45) is 5.92 Å². The lowest BCUT2D eigenvalue weighted by atomic mass is 9.89. The third-order valence-electron chi connectivity index (χ3n) is 5.01. The van der Waals surface area contributed by atoms with Crippen molar-refractivity contribution >= 4 is 17.5 Å². The Morgan fingerprint density at radius 3 is 2.71 bits per heavy atom. The second-order valence-corrected chi connectivity index (χ2v) is 7.20. The van der Waals surface area contributed by atoms with Crippen molar-refractivity contribution in [3.8, 4) is 0 Å². The van der Waals surface area contributed by atoms with E-state index < -0.39 is 11.8 Å². The van der Waals surface area contributed by atoms with Crippen LogP contribution < -0.4 is 4.90 Å². The standard InChI is InChI=1S/C17H19ClF2N4/c18-14-3-1-2-12(8-14)11-4-6-24(7-5-11)16-21-15(22-23-16)9-13-10-17(13,19)20/h1-3,8,11,13H,4-7,9-10H2,(H,21,22,23). The zero-order valence-corrected chi connectivity index (χ0v) is 13.9. The van der Waals surface area contributed by atoms with Gasteiger partial charge < -0.3 is 4.90 Å². The summed E-state index contributed by atoms with van der Waals surface area (Å²) in [5, 5.41) is 7.78. The summed E-state index contributed by atoms with van der Waals surface area (Å²) in [4.78, 5) is 6.51. The molecule has 4 nitrogen and oxygen atoms in total. The number of H-pyrrole nitrogens is 1. The van der Waals surface area contributed by atoms with Gasteiger partial charge in [0.1, 0.15) is 5.82 Å². The smallest absolute Gasteiger partial charge is 0.252 e. The number of anilines is 1. The Balaban J connectivity index is 1.35. The van der Waals surface area contributed by atoms with E-state index in [4.69, 9.17) is 11.6 Å². The third-order valence-corrected chi connectivity index (χ3v) is 5.25. The maximum Gasteiger partial charge on any atom is 0.252 e. The van der Waals surface area contributed by atoms with Gasteiger partial charge in [-0.15, -0.1) is 5.10 Å². The minimum Gasteiger partial charge on any atom is -0.340 e. The first-order valence-corrected chi connectivity index (χ1v) is 8.68. The van der Waals surface area contributed by atoms with E-state index in [-0.39, 0.29) is 12.8 Å². The number of nitrogens with one attached hydrogen (secondary N) is 1. The molecule has 0 radical (unpaired) electrons. The summed E-state index contributed by atoms with van der Waals surface area (Å²) in [6.07, 6.45) is 2.25. The molecule has 2 aromatic rings. The molecule has 1 N–H and O–H groups in total. The van der Waals surface area contributed by atoms with Crippen molar-refractivity contribution in [3.63, 3.8) is 0 Å². The summed E-state index contributed by atoms with van der Waals surface area (Å²) < 4.78 is 26.0. The molecule has 1 aliphatic heterocycles. The number of nitrogens with zero attached hydrogens (tertiary/aromatic N) is 3. The van der Waals surface area contributed by atoms with E-state index in [2.05, 4.69) is 26.1 Å². The van der Waals surface area contributed by atoms with Crippen LogP contribution in [-0.4, -0.2) is 34.2 Å². The van der Waals surface area contributed by atoms with Crippen LogP contribution in [-0.2, 0) is 6.42 Å².